The maximum Gasteiger partial charge on any atom is 0.0720 e. The zero-order chi connectivity index (χ0) is 13.1. The second-order valence-corrected chi connectivity index (χ2v) is 5.23. The number of fused-ring (bicyclic) bond motifs is 1. The van der Waals surface area contributed by atoms with Crippen molar-refractivity contribution in [1.29, 1.82) is 0 Å². The van der Waals surface area contributed by atoms with Crippen LogP contribution in [0.3, 0.4) is 0 Å². The van der Waals surface area contributed by atoms with E-state index in [-0.39, 0.29) is 0 Å². The molecule has 0 radical (unpaired) electrons. The average Bonchev–Trinajstić information content (AvgIpc) is 2.46. The normalized spacial score (nSPS) is 11.2. The number of halogens is 1. The molecule has 0 aliphatic heterocycles. The molecule has 0 atom stereocenters. The van der Waals surface area contributed by atoms with Gasteiger partial charge in [0.25, 0.3) is 0 Å². The Labute approximate surface area is 120 Å². The van der Waals surface area contributed by atoms with Crippen LogP contribution >= 0.6 is 15.9 Å². The molecule has 0 bridgehead atoms. The van der Waals surface area contributed by atoms with Gasteiger partial charge >= 0.3 is 0 Å². The van der Waals surface area contributed by atoms with Crippen LogP contribution in [-0.4, -0.2) is 4.98 Å². The van der Waals surface area contributed by atoms with Crippen LogP contribution in [0.4, 0.5) is 0 Å². The molecule has 0 N–H and O–H groups in total. The van der Waals surface area contributed by atoms with E-state index in [4.69, 9.17) is 0 Å². The Morgan fingerprint density at radius 3 is 2.47 bits per heavy atom. The van der Waals surface area contributed by atoms with Gasteiger partial charge in [-0.1, -0.05) is 64.5 Å². The Kier molecular flexibility index (Phi) is 3.43. The molecule has 1 heterocycles. The molecular weight excluding hydrogens is 298 g/mol. The monoisotopic (exact) mass is 309 g/mol. The maximum absolute atomic E-state index is 4.63. The molecule has 0 spiro atoms. The first-order valence-corrected chi connectivity index (χ1v) is 6.90. The third kappa shape index (κ3) is 2.91. The number of rotatable bonds is 2. The highest BCUT2D eigenvalue weighted by atomic mass is 79.9. The van der Waals surface area contributed by atoms with Crippen molar-refractivity contribution in [2.45, 2.75) is 0 Å². The zero-order valence-electron chi connectivity index (χ0n) is 10.3. The highest BCUT2D eigenvalue weighted by molar-refractivity contribution is 9.10. The van der Waals surface area contributed by atoms with E-state index in [1.165, 1.54) is 5.56 Å². The van der Waals surface area contributed by atoms with Gasteiger partial charge in [-0.05, 0) is 29.8 Å². The van der Waals surface area contributed by atoms with Crippen LogP contribution < -0.4 is 0 Å². The van der Waals surface area contributed by atoms with E-state index >= 15 is 0 Å². The molecule has 1 aromatic heterocycles. The predicted octanol–water partition coefficient (Wildman–Crippen LogP) is 5.17. The molecule has 1 nitrogen and oxygen atoms in total. The molecule has 0 aliphatic rings. The molecule has 3 aromatic rings. The summed E-state index contributed by atoms with van der Waals surface area (Å²) in [4.78, 5) is 4.63. The molecule has 2 aromatic carbocycles. The molecule has 0 amide bonds. The average molecular weight is 310 g/mol. The molecule has 3 rings (SSSR count). The number of hydrogen-bond acceptors (Lipinski definition) is 1. The van der Waals surface area contributed by atoms with Crippen LogP contribution in [0.5, 0.6) is 0 Å². The fourth-order valence-corrected chi connectivity index (χ4v) is 2.29. The van der Waals surface area contributed by atoms with E-state index in [1.54, 1.807) is 0 Å². The minimum Gasteiger partial charge on any atom is -0.248 e. The van der Waals surface area contributed by atoms with Crippen molar-refractivity contribution in [1.82, 2.24) is 4.98 Å². The van der Waals surface area contributed by atoms with Crippen LogP contribution in [-0.2, 0) is 0 Å². The van der Waals surface area contributed by atoms with Gasteiger partial charge in [0, 0.05) is 9.86 Å². The van der Waals surface area contributed by atoms with Crippen LogP contribution in [0.1, 0.15) is 11.3 Å². The van der Waals surface area contributed by atoms with Gasteiger partial charge in [0.2, 0.25) is 0 Å². The van der Waals surface area contributed by atoms with Crippen molar-refractivity contribution in [3.05, 3.63) is 76.4 Å². The maximum atomic E-state index is 4.63. The number of nitrogens with zero attached hydrogens (tertiary/aromatic N) is 1. The topological polar surface area (TPSA) is 12.9 Å². The molecular formula is C17H12BrN. The van der Waals surface area contributed by atoms with Crippen LogP contribution in [0, 0.1) is 0 Å². The van der Waals surface area contributed by atoms with E-state index in [2.05, 4.69) is 51.3 Å². The number of pyridine rings is 1. The predicted molar refractivity (Wildman–Crippen MR) is 84.8 cm³/mol. The van der Waals surface area contributed by atoms with E-state index in [1.807, 2.05) is 42.5 Å². The summed E-state index contributed by atoms with van der Waals surface area (Å²) in [6, 6.07) is 20.5. The molecule has 0 unspecified atom stereocenters. The van der Waals surface area contributed by atoms with Crippen molar-refractivity contribution >= 4 is 39.0 Å². The number of benzene rings is 2. The largest absolute Gasteiger partial charge is 0.248 e. The second kappa shape index (κ2) is 5.37. The lowest BCUT2D eigenvalue weighted by Crippen LogP contribution is -1.83. The van der Waals surface area contributed by atoms with Gasteiger partial charge in [-0.3, -0.25) is 0 Å². The molecule has 2 heteroatoms. The zero-order valence-corrected chi connectivity index (χ0v) is 11.8. The van der Waals surface area contributed by atoms with Crippen molar-refractivity contribution in [3.63, 3.8) is 0 Å². The minimum atomic E-state index is 0.967. The van der Waals surface area contributed by atoms with Crippen LogP contribution in [0.25, 0.3) is 23.1 Å². The first-order valence-electron chi connectivity index (χ1n) is 6.11. The summed E-state index contributed by atoms with van der Waals surface area (Å²) >= 11 is 3.47. The SMILES string of the molecule is Brc1ccc2ccc(C=Cc3ccccc3)nc2c1. The summed E-state index contributed by atoms with van der Waals surface area (Å²) in [6.45, 7) is 0. The number of hydrogen-bond donors (Lipinski definition) is 0. The summed E-state index contributed by atoms with van der Waals surface area (Å²) in [5.74, 6) is 0. The van der Waals surface area contributed by atoms with Crippen molar-refractivity contribution in [3.8, 4) is 0 Å². The van der Waals surface area contributed by atoms with Crippen molar-refractivity contribution in [2.24, 2.45) is 0 Å². The summed E-state index contributed by atoms with van der Waals surface area (Å²) in [6.07, 6.45) is 4.11. The van der Waals surface area contributed by atoms with Gasteiger partial charge in [0.05, 0.1) is 11.2 Å². The highest BCUT2D eigenvalue weighted by Gasteiger charge is 1.97. The second-order valence-electron chi connectivity index (χ2n) is 4.32. The lowest BCUT2D eigenvalue weighted by Gasteiger charge is -2.00. The summed E-state index contributed by atoms with van der Waals surface area (Å²) in [5, 5.41) is 1.15. The van der Waals surface area contributed by atoms with Crippen LogP contribution in [0.2, 0.25) is 0 Å². The smallest absolute Gasteiger partial charge is 0.0720 e. The van der Waals surface area contributed by atoms with Gasteiger partial charge in [0.1, 0.15) is 0 Å². The lowest BCUT2D eigenvalue weighted by molar-refractivity contribution is 1.37. The third-order valence-electron chi connectivity index (χ3n) is 2.92. The Morgan fingerprint density at radius 2 is 1.63 bits per heavy atom. The van der Waals surface area contributed by atoms with Crippen molar-refractivity contribution < 1.29 is 0 Å². The quantitative estimate of drug-likeness (QED) is 0.636. The highest BCUT2D eigenvalue weighted by Crippen LogP contribution is 2.19. The van der Waals surface area contributed by atoms with Gasteiger partial charge in [-0.15, -0.1) is 0 Å². The Morgan fingerprint density at radius 1 is 0.842 bits per heavy atom. The standard InChI is InChI=1S/C17H12BrN/c18-15-9-7-14-8-11-16(19-17(14)12-15)10-6-13-4-2-1-3-5-13/h1-12H. The summed E-state index contributed by atoms with van der Waals surface area (Å²) in [7, 11) is 0. The molecule has 0 saturated carbocycles. The molecule has 0 aliphatic carbocycles. The van der Waals surface area contributed by atoms with E-state index in [0.717, 1.165) is 21.1 Å². The first-order chi connectivity index (χ1) is 9.31. The van der Waals surface area contributed by atoms with Gasteiger partial charge in [-0.25, -0.2) is 4.98 Å². The fourth-order valence-electron chi connectivity index (χ4n) is 1.94. The Balaban J connectivity index is 1.95. The molecule has 19 heavy (non-hydrogen) atoms. The van der Waals surface area contributed by atoms with Crippen molar-refractivity contribution in [2.75, 3.05) is 0 Å². The number of aromatic nitrogens is 1. The van der Waals surface area contributed by atoms with Crippen LogP contribution in [0.15, 0.2) is 65.1 Å². The van der Waals surface area contributed by atoms with E-state index in [9.17, 15) is 0 Å². The van der Waals surface area contributed by atoms with E-state index < -0.39 is 0 Å². The molecule has 0 fully saturated rings. The van der Waals surface area contributed by atoms with Gasteiger partial charge < -0.3 is 0 Å². The van der Waals surface area contributed by atoms with Gasteiger partial charge in [0.15, 0.2) is 0 Å². The first kappa shape index (κ1) is 12.1. The lowest BCUT2D eigenvalue weighted by atomic mass is 10.1. The molecule has 92 valence electrons. The molecule has 0 saturated heterocycles. The van der Waals surface area contributed by atoms with E-state index in [0.29, 0.717) is 0 Å². The summed E-state index contributed by atoms with van der Waals surface area (Å²) in [5.41, 5.74) is 3.15. The fraction of sp³-hybridized carbons (Fsp3) is 0. The third-order valence-corrected chi connectivity index (χ3v) is 3.42. The minimum absolute atomic E-state index is 0.967. The Hall–Kier alpha value is -1.93. The Bertz CT molecular complexity index is 733. The summed E-state index contributed by atoms with van der Waals surface area (Å²) < 4.78 is 1.05. The van der Waals surface area contributed by atoms with Gasteiger partial charge in [-0.2, -0.15) is 0 Å².